The Morgan fingerprint density at radius 2 is 2.09 bits per heavy atom. The standard InChI is InChI=1S/C16H19ClF2N2O/c17-13-4-3-11(8-14(13)19)9-21-7-5-15(16(21)22)20-6-1-2-12(18)10-20/h3-4,8,12,15H,1-2,5-7,9-10H2/t12-,15+/m1/s1. The van der Waals surface area contributed by atoms with Gasteiger partial charge >= 0.3 is 0 Å². The van der Waals surface area contributed by atoms with E-state index in [0.29, 0.717) is 32.5 Å². The van der Waals surface area contributed by atoms with Crippen molar-refractivity contribution >= 4 is 17.5 Å². The Kier molecular flexibility index (Phi) is 4.64. The normalized spacial score (nSPS) is 26.7. The van der Waals surface area contributed by atoms with Crippen molar-refractivity contribution in [3.63, 3.8) is 0 Å². The highest BCUT2D eigenvalue weighted by atomic mass is 35.5. The van der Waals surface area contributed by atoms with Crippen LogP contribution < -0.4 is 0 Å². The smallest absolute Gasteiger partial charge is 0.240 e. The van der Waals surface area contributed by atoms with Crippen molar-refractivity contribution < 1.29 is 13.6 Å². The average Bonchev–Trinajstić information content (AvgIpc) is 2.84. The zero-order valence-electron chi connectivity index (χ0n) is 12.3. The van der Waals surface area contributed by atoms with Gasteiger partial charge in [0.25, 0.3) is 0 Å². The molecular weight excluding hydrogens is 310 g/mol. The summed E-state index contributed by atoms with van der Waals surface area (Å²) in [4.78, 5) is 16.2. The van der Waals surface area contributed by atoms with E-state index in [9.17, 15) is 13.6 Å². The molecule has 3 rings (SSSR count). The summed E-state index contributed by atoms with van der Waals surface area (Å²) in [6, 6.07) is 4.37. The van der Waals surface area contributed by atoms with E-state index < -0.39 is 12.0 Å². The minimum absolute atomic E-state index is 0.0180. The van der Waals surface area contributed by atoms with Gasteiger partial charge in [-0.2, -0.15) is 0 Å². The van der Waals surface area contributed by atoms with Crippen LogP contribution in [0.2, 0.25) is 5.02 Å². The summed E-state index contributed by atoms with van der Waals surface area (Å²) < 4.78 is 27.0. The van der Waals surface area contributed by atoms with Gasteiger partial charge < -0.3 is 4.90 Å². The number of carbonyl (C=O) groups is 1. The topological polar surface area (TPSA) is 23.6 Å². The zero-order chi connectivity index (χ0) is 15.7. The first-order valence-corrected chi connectivity index (χ1v) is 8.03. The van der Waals surface area contributed by atoms with Gasteiger partial charge in [0.1, 0.15) is 12.0 Å². The number of carbonyl (C=O) groups excluding carboxylic acids is 1. The lowest BCUT2D eigenvalue weighted by atomic mass is 10.1. The molecule has 2 heterocycles. The molecule has 0 aromatic heterocycles. The Morgan fingerprint density at radius 1 is 1.27 bits per heavy atom. The number of amides is 1. The van der Waals surface area contributed by atoms with E-state index in [1.54, 1.807) is 11.0 Å². The lowest BCUT2D eigenvalue weighted by Gasteiger charge is -2.32. The van der Waals surface area contributed by atoms with Gasteiger partial charge in [-0.05, 0) is 43.5 Å². The van der Waals surface area contributed by atoms with Crippen molar-refractivity contribution in [2.24, 2.45) is 0 Å². The fourth-order valence-corrected chi connectivity index (χ4v) is 3.43. The predicted octanol–water partition coefficient (Wildman–Crippen LogP) is 3.01. The highest BCUT2D eigenvalue weighted by Crippen LogP contribution is 2.24. The zero-order valence-corrected chi connectivity index (χ0v) is 13.0. The number of alkyl halides is 1. The molecular formula is C16H19ClF2N2O. The van der Waals surface area contributed by atoms with Gasteiger partial charge in [0, 0.05) is 19.6 Å². The molecule has 3 nitrogen and oxygen atoms in total. The van der Waals surface area contributed by atoms with E-state index in [2.05, 4.69) is 0 Å². The fraction of sp³-hybridized carbons (Fsp3) is 0.562. The Labute approximate surface area is 133 Å². The van der Waals surface area contributed by atoms with Gasteiger partial charge in [-0.1, -0.05) is 17.7 Å². The molecule has 0 bridgehead atoms. The van der Waals surface area contributed by atoms with E-state index in [1.807, 2.05) is 4.90 Å². The summed E-state index contributed by atoms with van der Waals surface area (Å²) in [5.74, 6) is -0.455. The number of hydrogen-bond donors (Lipinski definition) is 0. The fourth-order valence-electron chi connectivity index (χ4n) is 3.31. The molecule has 2 saturated heterocycles. The van der Waals surface area contributed by atoms with Crippen molar-refractivity contribution in [3.05, 3.63) is 34.6 Å². The van der Waals surface area contributed by atoms with E-state index in [-0.39, 0.29) is 17.0 Å². The van der Waals surface area contributed by atoms with Crippen LogP contribution in [0.1, 0.15) is 24.8 Å². The maximum absolute atomic E-state index is 13.5. The third-order valence-electron chi connectivity index (χ3n) is 4.46. The van der Waals surface area contributed by atoms with E-state index in [4.69, 9.17) is 11.6 Å². The van der Waals surface area contributed by atoms with Crippen LogP contribution in [-0.4, -0.2) is 47.6 Å². The maximum atomic E-state index is 13.5. The summed E-state index contributed by atoms with van der Waals surface area (Å²) in [7, 11) is 0. The van der Waals surface area contributed by atoms with Crippen LogP contribution in [0.15, 0.2) is 18.2 Å². The monoisotopic (exact) mass is 328 g/mol. The molecule has 2 aliphatic heterocycles. The second-order valence-electron chi connectivity index (χ2n) is 6.05. The first kappa shape index (κ1) is 15.7. The summed E-state index contributed by atoms with van der Waals surface area (Å²) in [5.41, 5.74) is 0.720. The SMILES string of the molecule is O=C1[C@@H](N2CCC[C@@H](F)C2)CCN1Cc1ccc(Cl)c(F)c1. The molecule has 2 aliphatic rings. The number of halogens is 3. The molecule has 0 aliphatic carbocycles. The predicted molar refractivity (Wildman–Crippen MR) is 80.9 cm³/mol. The average molecular weight is 329 g/mol. The largest absolute Gasteiger partial charge is 0.337 e. The molecule has 0 unspecified atom stereocenters. The van der Waals surface area contributed by atoms with Gasteiger partial charge in [-0.3, -0.25) is 9.69 Å². The first-order chi connectivity index (χ1) is 10.5. The molecule has 0 saturated carbocycles. The van der Waals surface area contributed by atoms with E-state index in [1.165, 1.54) is 12.1 Å². The Balaban J connectivity index is 1.64. The molecule has 2 atom stereocenters. The van der Waals surface area contributed by atoms with Crippen LogP contribution in [0.5, 0.6) is 0 Å². The number of nitrogens with zero attached hydrogens (tertiary/aromatic N) is 2. The van der Waals surface area contributed by atoms with Gasteiger partial charge in [0.15, 0.2) is 0 Å². The van der Waals surface area contributed by atoms with Crippen molar-refractivity contribution in [1.82, 2.24) is 9.80 Å². The van der Waals surface area contributed by atoms with Crippen LogP contribution in [0.25, 0.3) is 0 Å². The Bertz CT molecular complexity index is 569. The third kappa shape index (κ3) is 3.25. The lowest BCUT2D eigenvalue weighted by Crippen LogP contribution is -2.47. The van der Waals surface area contributed by atoms with Gasteiger partial charge in [0.2, 0.25) is 5.91 Å². The molecule has 2 fully saturated rings. The second kappa shape index (κ2) is 6.50. The minimum Gasteiger partial charge on any atom is -0.337 e. The third-order valence-corrected chi connectivity index (χ3v) is 4.77. The summed E-state index contributed by atoms with van der Waals surface area (Å²) >= 11 is 5.67. The first-order valence-electron chi connectivity index (χ1n) is 7.65. The minimum atomic E-state index is -0.832. The molecule has 1 aromatic rings. The quantitative estimate of drug-likeness (QED) is 0.851. The van der Waals surface area contributed by atoms with Crippen LogP contribution in [0, 0.1) is 5.82 Å². The van der Waals surface area contributed by atoms with Crippen LogP contribution in [0.3, 0.4) is 0 Å². The van der Waals surface area contributed by atoms with Crippen molar-refractivity contribution in [3.8, 4) is 0 Å². The summed E-state index contributed by atoms with van der Waals surface area (Å²) in [5, 5.41) is 0.0803. The molecule has 120 valence electrons. The second-order valence-corrected chi connectivity index (χ2v) is 6.45. The molecule has 22 heavy (non-hydrogen) atoms. The molecule has 0 N–H and O–H groups in total. The molecule has 0 spiro atoms. The number of piperidine rings is 1. The number of rotatable bonds is 3. The van der Waals surface area contributed by atoms with Gasteiger partial charge in [0.05, 0.1) is 11.1 Å². The molecule has 1 aromatic carbocycles. The molecule has 0 radical (unpaired) electrons. The van der Waals surface area contributed by atoms with Crippen molar-refractivity contribution in [1.29, 1.82) is 0 Å². The highest BCUT2D eigenvalue weighted by Gasteiger charge is 2.37. The number of hydrogen-bond acceptors (Lipinski definition) is 2. The Morgan fingerprint density at radius 3 is 2.82 bits per heavy atom. The summed E-state index contributed by atoms with van der Waals surface area (Å²) in [6.45, 7) is 2.12. The maximum Gasteiger partial charge on any atom is 0.240 e. The van der Waals surface area contributed by atoms with Crippen LogP contribution in [0.4, 0.5) is 8.78 Å². The van der Waals surface area contributed by atoms with Crippen LogP contribution in [-0.2, 0) is 11.3 Å². The van der Waals surface area contributed by atoms with Crippen molar-refractivity contribution in [2.75, 3.05) is 19.6 Å². The van der Waals surface area contributed by atoms with Gasteiger partial charge in [-0.15, -0.1) is 0 Å². The molecule has 6 heteroatoms. The van der Waals surface area contributed by atoms with Crippen LogP contribution >= 0.6 is 11.6 Å². The number of likely N-dealkylation sites (tertiary alicyclic amines) is 2. The van der Waals surface area contributed by atoms with Crippen molar-refractivity contribution in [2.45, 2.75) is 38.0 Å². The summed E-state index contributed by atoms with van der Waals surface area (Å²) in [6.07, 6.45) is 1.26. The number of benzene rings is 1. The van der Waals surface area contributed by atoms with E-state index >= 15 is 0 Å². The highest BCUT2D eigenvalue weighted by molar-refractivity contribution is 6.30. The molecule has 1 amide bonds. The van der Waals surface area contributed by atoms with Gasteiger partial charge in [-0.25, -0.2) is 8.78 Å². The van der Waals surface area contributed by atoms with E-state index in [0.717, 1.165) is 18.5 Å². The Hall–Kier alpha value is -1.20. The lowest BCUT2D eigenvalue weighted by molar-refractivity contribution is -0.133.